The van der Waals surface area contributed by atoms with Gasteiger partial charge in [-0.1, -0.05) is 6.92 Å². The van der Waals surface area contributed by atoms with Crippen molar-refractivity contribution in [2.24, 2.45) is 7.05 Å². The van der Waals surface area contributed by atoms with Gasteiger partial charge in [0, 0.05) is 17.8 Å². The van der Waals surface area contributed by atoms with Crippen molar-refractivity contribution < 1.29 is 0 Å². The topological polar surface area (TPSA) is 73.5 Å². The van der Waals surface area contributed by atoms with Crippen molar-refractivity contribution in [1.82, 2.24) is 35.3 Å². The van der Waals surface area contributed by atoms with Gasteiger partial charge in [-0.2, -0.15) is 9.90 Å². The highest BCUT2D eigenvalue weighted by molar-refractivity contribution is 5.09. The molecule has 1 unspecified atom stereocenters. The lowest BCUT2D eigenvalue weighted by Crippen LogP contribution is -2.18. The molecule has 0 bridgehead atoms. The minimum atomic E-state index is 0.313. The van der Waals surface area contributed by atoms with Crippen molar-refractivity contribution in [2.45, 2.75) is 32.9 Å². The molecule has 0 aliphatic heterocycles. The fourth-order valence-electron chi connectivity index (χ4n) is 1.70. The third-order valence-corrected chi connectivity index (χ3v) is 2.71. The smallest absolute Gasteiger partial charge is 0.196 e. The van der Waals surface area contributed by atoms with Crippen LogP contribution < -0.4 is 5.32 Å². The predicted molar refractivity (Wildman–Crippen MR) is 66.8 cm³/mol. The van der Waals surface area contributed by atoms with Gasteiger partial charge in [0.2, 0.25) is 0 Å². The first-order chi connectivity index (χ1) is 8.69. The van der Waals surface area contributed by atoms with Crippen molar-refractivity contribution in [3.8, 4) is 0 Å². The second-order valence-corrected chi connectivity index (χ2v) is 4.34. The quantitative estimate of drug-likeness (QED) is 0.807. The Balaban J connectivity index is 1.97. The lowest BCUT2D eigenvalue weighted by atomic mass is 10.2. The van der Waals surface area contributed by atoms with Gasteiger partial charge in [0.05, 0.1) is 13.2 Å². The monoisotopic (exact) mass is 249 g/mol. The van der Waals surface area contributed by atoms with E-state index < -0.39 is 0 Å². The van der Waals surface area contributed by atoms with E-state index in [1.54, 1.807) is 7.05 Å². The van der Waals surface area contributed by atoms with Gasteiger partial charge in [0.1, 0.15) is 6.54 Å². The first-order valence-corrected chi connectivity index (χ1v) is 6.17. The van der Waals surface area contributed by atoms with Crippen molar-refractivity contribution in [3.63, 3.8) is 0 Å². The zero-order valence-electron chi connectivity index (χ0n) is 11.0. The van der Waals surface area contributed by atoms with E-state index in [-0.39, 0.29) is 0 Å². The van der Waals surface area contributed by atoms with Gasteiger partial charge in [-0.15, -0.1) is 10.2 Å². The van der Waals surface area contributed by atoms with Crippen molar-refractivity contribution >= 4 is 0 Å². The highest BCUT2D eigenvalue weighted by atomic mass is 15.6. The van der Waals surface area contributed by atoms with Crippen LogP contribution in [0.3, 0.4) is 0 Å². The molecule has 0 saturated heterocycles. The summed E-state index contributed by atoms with van der Waals surface area (Å²) in [6.07, 6.45) is 5.02. The zero-order chi connectivity index (χ0) is 13.0. The molecule has 0 spiro atoms. The van der Waals surface area contributed by atoms with Gasteiger partial charge < -0.3 is 5.32 Å². The minimum Gasteiger partial charge on any atom is -0.310 e. The van der Waals surface area contributed by atoms with Gasteiger partial charge >= 0.3 is 0 Å². The van der Waals surface area contributed by atoms with Crippen LogP contribution in [0.4, 0.5) is 0 Å². The number of rotatable bonds is 6. The Morgan fingerprint density at radius 3 is 2.94 bits per heavy atom. The maximum Gasteiger partial charge on any atom is 0.196 e. The fourth-order valence-corrected chi connectivity index (χ4v) is 1.70. The Kier molecular flexibility index (Phi) is 4.03. The molecule has 7 heteroatoms. The predicted octanol–water partition coefficient (Wildman–Crippen LogP) is 0.515. The summed E-state index contributed by atoms with van der Waals surface area (Å²) in [7, 11) is 1.75. The number of nitrogens with zero attached hydrogens (tertiary/aromatic N) is 6. The average molecular weight is 249 g/mol. The van der Waals surface area contributed by atoms with Crippen LogP contribution >= 0.6 is 0 Å². The van der Waals surface area contributed by atoms with E-state index in [0.717, 1.165) is 13.0 Å². The normalized spacial score (nSPS) is 12.8. The maximum atomic E-state index is 4.31. The van der Waals surface area contributed by atoms with Crippen molar-refractivity contribution in [2.75, 3.05) is 6.54 Å². The Bertz CT molecular complexity index is 487. The van der Waals surface area contributed by atoms with Crippen molar-refractivity contribution in [1.29, 1.82) is 0 Å². The SMILES string of the molecule is CCCNC(C)c1cnn(Cc2nnn(C)n2)c1. The van der Waals surface area contributed by atoms with E-state index in [1.165, 1.54) is 10.4 Å². The molecule has 2 aromatic rings. The number of hydrogen-bond acceptors (Lipinski definition) is 5. The van der Waals surface area contributed by atoms with E-state index in [2.05, 4.69) is 39.7 Å². The molecule has 98 valence electrons. The van der Waals surface area contributed by atoms with Gasteiger partial charge in [-0.3, -0.25) is 4.68 Å². The minimum absolute atomic E-state index is 0.313. The Morgan fingerprint density at radius 2 is 2.28 bits per heavy atom. The van der Waals surface area contributed by atoms with Gasteiger partial charge in [-0.05, 0) is 25.1 Å². The molecule has 1 N–H and O–H groups in total. The Labute approximate surface area is 106 Å². The summed E-state index contributed by atoms with van der Waals surface area (Å²) in [6, 6.07) is 0.313. The molecule has 2 rings (SSSR count). The third-order valence-electron chi connectivity index (χ3n) is 2.71. The van der Waals surface area contributed by atoms with Crippen LogP contribution in [-0.2, 0) is 13.6 Å². The maximum absolute atomic E-state index is 4.31. The molecule has 0 radical (unpaired) electrons. The molecule has 1 atom stereocenters. The molecule has 18 heavy (non-hydrogen) atoms. The van der Waals surface area contributed by atoms with E-state index in [4.69, 9.17) is 0 Å². The fraction of sp³-hybridized carbons (Fsp3) is 0.636. The van der Waals surface area contributed by atoms with Crippen LogP contribution in [0.2, 0.25) is 0 Å². The van der Waals surface area contributed by atoms with E-state index in [1.807, 2.05) is 17.1 Å². The average Bonchev–Trinajstić information content (AvgIpc) is 2.96. The molecule has 0 amide bonds. The van der Waals surface area contributed by atoms with E-state index in [9.17, 15) is 0 Å². The number of aromatic nitrogens is 6. The third kappa shape index (κ3) is 3.13. The van der Waals surface area contributed by atoms with E-state index >= 15 is 0 Å². The highest BCUT2D eigenvalue weighted by Crippen LogP contribution is 2.11. The van der Waals surface area contributed by atoms with Crippen molar-refractivity contribution in [3.05, 3.63) is 23.8 Å². The van der Waals surface area contributed by atoms with Crippen LogP contribution in [-0.4, -0.2) is 36.5 Å². The molecule has 0 aromatic carbocycles. The second-order valence-electron chi connectivity index (χ2n) is 4.34. The number of tetrazole rings is 1. The number of hydrogen-bond donors (Lipinski definition) is 1. The van der Waals surface area contributed by atoms with E-state index in [0.29, 0.717) is 18.4 Å². The summed E-state index contributed by atoms with van der Waals surface area (Å²) in [6.45, 7) is 5.85. The Morgan fingerprint density at radius 1 is 1.44 bits per heavy atom. The summed E-state index contributed by atoms with van der Waals surface area (Å²) < 4.78 is 1.83. The highest BCUT2D eigenvalue weighted by Gasteiger charge is 2.08. The summed E-state index contributed by atoms with van der Waals surface area (Å²) in [5.41, 5.74) is 1.17. The van der Waals surface area contributed by atoms with Crippen LogP contribution in [0, 0.1) is 0 Å². The number of nitrogens with one attached hydrogen (secondary N) is 1. The summed E-state index contributed by atoms with van der Waals surface area (Å²) in [5, 5.41) is 19.6. The molecule has 0 fully saturated rings. The molecule has 7 nitrogen and oxygen atoms in total. The molecule has 2 heterocycles. The van der Waals surface area contributed by atoms with Gasteiger partial charge in [0.15, 0.2) is 5.82 Å². The van der Waals surface area contributed by atoms with Crippen LogP contribution in [0.25, 0.3) is 0 Å². The standard InChI is InChI=1S/C11H19N7/c1-4-5-12-9(2)10-6-13-18(7-10)8-11-14-16-17(3)15-11/h6-7,9,12H,4-5,8H2,1-3H3. The Hall–Kier alpha value is -1.76. The first kappa shape index (κ1) is 12.7. The lowest BCUT2D eigenvalue weighted by Gasteiger charge is -2.10. The van der Waals surface area contributed by atoms with Crippen LogP contribution in [0.1, 0.15) is 37.7 Å². The summed E-state index contributed by atoms with van der Waals surface area (Å²) >= 11 is 0. The number of aryl methyl sites for hydroxylation is 1. The zero-order valence-corrected chi connectivity index (χ0v) is 11.0. The van der Waals surface area contributed by atoms with Crippen LogP contribution in [0.15, 0.2) is 12.4 Å². The van der Waals surface area contributed by atoms with Gasteiger partial charge in [-0.25, -0.2) is 0 Å². The van der Waals surface area contributed by atoms with Crippen LogP contribution in [0.5, 0.6) is 0 Å². The largest absolute Gasteiger partial charge is 0.310 e. The second kappa shape index (κ2) is 5.72. The van der Waals surface area contributed by atoms with Gasteiger partial charge in [0.25, 0.3) is 0 Å². The molecule has 2 aromatic heterocycles. The lowest BCUT2D eigenvalue weighted by molar-refractivity contribution is 0.569. The molecular formula is C11H19N7. The molecular weight excluding hydrogens is 230 g/mol. The molecule has 0 aliphatic carbocycles. The summed E-state index contributed by atoms with van der Waals surface area (Å²) in [4.78, 5) is 1.45. The molecule has 0 saturated carbocycles. The molecule has 0 aliphatic rings. The summed E-state index contributed by atoms with van der Waals surface area (Å²) in [5.74, 6) is 0.668. The first-order valence-electron chi connectivity index (χ1n) is 6.17.